The Bertz CT molecular complexity index is 1250. The summed E-state index contributed by atoms with van der Waals surface area (Å²) in [5.74, 6) is -0.531. The number of aryl methyl sites for hydroxylation is 2. The minimum Gasteiger partial charge on any atom is -0.484 e. The largest absolute Gasteiger partial charge is 0.484 e. The molecule has 0 aliphatic rings. The van der Waals surface area contributed by atoms with Crippen molar-refractivity contribution < 1.29 is 27.5 Å². The third-order valence-corrected chi connectivity index (χ3v) is 6.25. The van der Waals surface area contributed by atoms with Crippen molar-refractivity contribution in [3.8, 4) is 5.75 Å². The van der Waals surface area contributed by atoms with Crippen molar-refractivity contribution in [1.29, 1.82) is 0 Å². The molecule has 8 nitrogen and oxygen atoms in total. The van der Waals surface area contributed by atoms with Gasteiger partial charge in [-0.15, -0.1) is 0 Å². The number of benzene rings is 3. The first-order valence-electron chi connectivity index (χ1n) is 9.99. The van der Waals surface area contributed by atoms with Gasteiger partial charge < -0.3 is 14.8 Å². The lowest BCUT2D eigenvalue weighted by molar-refractivity contribution is -0.118. The van der Waals surface area contributed by atoms with Crippen molar-refractivity contribution in [3.05, 3.63) is 83.4 Å². The fraction of sp³-hybridized carbons (Fsp3) is 0.167. The van der Waals surface area contributed by atoms with E-state index in [1.54, 1.807) is 24.3 Å². The Balaban J connectivity index is 1.56. The molecular formula is C24H24N2O6S. The highest BCUT2D eigenvalue weighted by Gasteiger charge is 2.15. The minimum atomic E-state index is -3.76. The molecule has 3 aromatic carbocycles. The van der Waals surface area contributed by atoms with Crippen LogP contribution in [-0.4, -0.2) is 34.0 Å². The Hall–Kier alpha value is -3.85. The van der Waals surface area contributed by atoms with E-state index in [9.17, 15) is 18.0 Å². The smallest absolute Gasteiger partial charge is 0.337 e. The standard InChI is InChI=1S/C24H24N2O6S/c1-16-4-7-20(14-17(16)2)26-33(29,30)22-12-10-21(11-13-22)32-15-23(27)25-19-8-5-18(6-9-19)24(28)31-3/h4-14,26H,15H2,1-3H3,(H,25,27). The lowest BCUT2D eigenvalue weighted by Gasteiger charge is -2.11. The third kappa shape index (κ3) is 6.33. The van der Waals surface area contributed by atoms with Crippen LogP contribution >= 0.6 is 0 Å². The van der Waals surface area contributed by atoms with Crippen LogP contribution in [0.25, 0.3) is 0 Å². The minimum absolute atomic E-state index is 0.0724. The first kappa shape index (κ1) is 23.8. The number of esters is 1. The summed E-state index contributed by atoms with van der Waals surface area (Å²) in [7, 11) is -2.47. The first-order chi connectivity index (χ1) is 15.7. The molecule has 1 amide bonds. The molecule has 0 aliphatic heterocycles. The van der Waals surface area contributed by atoms with E-state index < -0.39 is 21.9 Å². The van der Waals surface area contributed by atoms with Crippen LogP contribution in [-0.2, 0) is 19.6 Å². The van der Waals surface area contributed by atoms with Gasteiger partial charge in [0.1, 0.15) is 5.75 Å². The van der Waals surface area contributed by atoms with Gasteiger partial charge in [-0.1, -0.05) is 6.07 Å². The SMILES string of the molecule is COC(=O)c1ccc(NC(=O)COc2ccc(S(=O)(=O)Nc3ccc(C)c(C)c3)cc2)cc1. The van der Waals surface area contributed by atoms with E-state index in [0.717, 1.165) is 11.1 Å². The van der Waals surface area contributed by atoms with Gasteiger partial charge in [-0.05, 0) is 85.6 Å². The summed E-state index contributed by atoms with van der Waals surface area (Å²) < 4.78 is 37.8. The summed E-state index contributed by atoms with van der Waals surface area (Å²) in [5, 5.41) is 2.65. The number of carbonyl (C=O) groups excluding carboxylic acids is 2. The van der Waals surface area contributed by atoms with Crippen LogP contribution in [0.1, 0.15) is 21.5 Å². The summed E-state index contributed by atoms with van der Waals surface area (Å²) in [5.41, 5.74) is 3.40. The molecule has 0 fully saturated rings. The van der Waals surface area contributed by atoms with E-state index >= 15 is 0 Å². The van der Waals surface area contributed by atoms with Crippen LogP contribution in [0.4, 0.5) is 11.4 Å². The maximum atomic E-state index is 12.6. The number of sulfonamides is 1. The van der Waals surface area contributed by atoms with Gasteiger partial charge in [0.2, 0.25) is 0 Å². The Morgan fingerprint density at radius 1 is 0.848 bits per heavy atom. The molecule has 0 spiro atoms. The molecular weight excluding hydrogens is 444 g/mol. The monoisotopic (exact) mass is 468 g/mol. The summed E-state index contributed by atoms with van der Waals surface area (Å²) in [6.45, 7) is 3.59. The maximum Gasteiger partial charge on any atom is 0.337 e. The van der Waals surface area contributed by atoms with Crippen LogP contribution < -0.4 is 14.8 Å². The molecule has 3 aromatic rings. The number of anilines is 2. The van der Waals surface area contributed by atoms with Crippen LogP contribution in [0.15, 0.2) is 71.6 Å². The van der Waals surface area contributed by atoms with Crippen molar-refractivity contribution in [3.63, 3.8) is 0 Å². The second kappa shape index (κ2) is 10.2. The van der Waals surface area contributed by atoms with Gasteiger partial charge in [0, 0.05) is 11.4 Å². The predicted molar refractivity (Wildman–Crippen MR) is 125 cm³/mol. The number of carbonyl (C=O) groups is 2. The molecule has 0 saturated heterocycles. The number of rotatable bonds is 8. The molecule has 2 N–H and O–H groups in total. The van der Waals surface area contributed by atoms with Crippen molar-refractivity contribution >= 4 is 33.3 Å². The van der Waals surface area contributed by atoms with Crippen molar-refractivity contribution in [2.45, 2.75) is 18.7 Å². The zero-order valence-corrected chi connectivity index (χ0v) is 19.2. The summed E-state index contributed by atoms with van der Waals surface area (Å²) in [6, 6.07) is 17.3. The third-order valence-electron chi connectivity index (χ3n) is 4.85. The Kier molecular flexibility index (Phi) is 7.34. The molecule has 0 aliphatic carbocycles. The number of ether oxygens (including phenoxy) is 2. The molecule has 0 heterocycles. The average molecular weight is 469 g/mol. The number of amides is 1. The van der Waals surface area contributed by atoms with E-state index in [1.165, 1.54) is 43.5 Å². The number of hydrogen-bond acceptors (Lipinski definition) is 6. The molecule has 172 valence electrons. The van der Waals surface area contributed by atoms with Gasteiger partial charge in [0.15, 0.2) is 6.61 Å². The quantitative estimate of drug-likeness (QED) is 0.485. The number of methoxy groups -OCH3 is 1. The zero-order valence-electron chi connectivity index (χ0n) is 18.4. The van der Waals surface area contributed by atoms with Gasteiger partial charge in [-0.25, -0.2) is 13.2 Å². The zero-order chi connectivity index (χ0) is 24.0. The van der Waals surface area contributed by atoms with Crippen LogP contribution in [0, 0.1) is 13.8 Å². The number of hydrogen-bond donors (Lipinski definition) is 2. The molecule has 0 aromatic heterocycles. The average Bonchev–Trinajstić information content (AvgIpc) is 2.80. The lowest BCUT2D eigenvalue weighted by Crippen LogP contribution is -2.20. The molecule has 0 bridgehead atoms. The van der Waals surface area contributed by atoms with Crippen molar-refractivity contribution in [2.75, 3.05) is 23.8 Å². The van der Waals surface area contributed by atoms with Gasteiger partial charge in [0.25, 0.3) is 15.9 Å². The molecule has 3 rings (SSSR count). The van der Waals surface area contributed by atoms with Crippen LogP contribution in [0.5, 0.6) is 5.75 Å². The van der Waals surface area contributed by atoms with Crippen LogP contribution in [0.2, 0.25) is 0 Å². The Labute approximate surface area is 192 Å². The topological polar surface area (TPSA) is 111 Å². The van der Waals surface area contributed by atoms with E-state index in [4.69, 9.17) is 4.74 Å². The first-order valence-corrected chi connectivity index (χ1v) is 11.5. The molecule has 0 saturated carbocycles. The number of nitrogens with one attached hydrogen (secondary N) is 2. The second-order valence-electron chi connectivity index (χ2n) is 7.28. The molecule has 33 heavy (non-hydrogen) atoms. The van der Waals surface area contributed by atoms with Crippen molar-refractivity contribution in [1.82, 2.24) is 0 Å². The van der Waals surface area contributed by atoms with E-state index in [-0.39, 0.29) is 11.5 Å². The van der Waals surface area contributed by atoms with Crippen LogP contribution in [0.3, 0.4) is 0 Å². The Morgan fingerprint density at radius 2 is 1.48 bits per heavy atom. The van der Waals surface area contributed by atoms with E-state index in [2.05, 4.69) is 14.8 Å². The molecule has 0 atom stereocenters. The molecule has 0 radical (unpaired) electrons. The normalized spacial score (nSPS) is 10.9. The maximum absolute atomic E-state index is 12.6. The highest BCUT2D eigenvalue weighted by molar-refractivity contribution is 7.92. The van der Waals surface area contributed by atoms with E-state index in [1.807, 2.05) is 19.9 Å². The second-order valence-corrected chi connectivity index (χ2v) is 8.96. The van der Waals surface area contributed by atoms with Gasteiger partial charge >= 0.3 is 5.97 Å². The molecule has 0 unspecified atom stereocenters. The highest BCUT2D eigenvalue weighted by Crippen LogP contribution is 2.21. The lowest BCUT2D eigenvalue weighted by atomic mass is 10.1. The summed E-state index contributed by atoms with van der Waals surface area (Å²) in [6.07, 6.45) is 0. The molecule has 9 heteroatoms. The Morgan fingerprint density at radius 3 is 2.09 bits per heavy atom. The van der Waals surface area contributed by atoms with Gasteiger partial charge in [-0.3, -0.25) is 9.52 Å². The predicted octanol–water partition coefficient (Wildman–Crippen LogP) is 3.91. The van der Waals surface area contributed by atoms with Gasteiger partial charge in [-0.2, -0.15) is 0 Å². The summed E-state index contributed by atoms with van der Waals surface area (Å²) in [4.78, 5) is 23.6. The van der Waals surface area contributed by atoms with E-state index in [0.29, 0.717) is 22.7 Å². The van der Waals surface area contributed by atoms with Gasteiger partial charge in [0.05, 0.1) is 17.6 Å². The fourth-order valence-corrected chi connectivity index (χ4v) is 3.94. The summed E-state index contributed by atoms with van der Waals surface area (Å²) >= 11 is 0. The fourth-order valence-electron chi connectivity index (χ4n) is 2.89. The van der Waals surface area contributed by atoms with Crippen molar-refractivity contribution in [2.24, 2.45) is 0 Å². The highest BCUT2D eigenvalue weighted by atomic mass is 32.2.